The summed E-state index contributed by atoms with van der Waals surface area (Å²) in [6.07, 6.45) is 2.40. The Hall–Kier alpha value is -0.930. The number of benzene rings is 1. The van der Waals surface area contributed by atoms with Crippen LogP contribution in [-0.4, -0.2) is 12.1 Å². The Labute approximate surface area is 110 Å². The van der Waals surface area contributed by atoms with Gasteiger partial charge in [0.2, 0.25) is 0 Å². The topological polar surface area (TPSA) is 41.1 Å². The van der Waals surface area contributed by atoms with Crippen LogP contribution in [0.2, 0.25) is 10.0 Å². The summed E-state index contributed by atoms with van der Waals surface area (Å²) in [7, 11) is 0. The molecule has 2 amide bonds. The van der Waals surface area contributed by atoms with Crippen molar-refractivity contribution in [1.29, 1.82) is 0 Å². The van der Waals surface area contributed by atoms with E-state index in [1.54, 1.807) is 18.2 Å². The highest BCUT2D eigenvalue weighted by Gasteiger charge is 2.28. The summed E-state index contributed by atoms with van der Waals surface area (Å²) in [5, 5.41) is 6.62. The SMILES string of the molecule is CC(NC(=O)Nc1cc(Cl)cc(Cl)c1)C1CC1. The van der Waals surface area contributed by atoms with Gasteiger partial charge >= 0.3 is 6.03 Å². The molecule has 92 valence electrons. The van der Waals surface area contributed by atoms with E-state index in [1.165, 1.54) is 12.8 Å². The molecule has 1 aliphatic carbocycles. The number of hydrogen-bond acceptors (Lipinski definition) is 1. The molecule has 2 N–H and O–H groups in total. The molecular formula is C12H14Cl2N2O. The minimum Gasteiger partial charge on any atom is -0.335 e. The van der Waals surface area contributed by atoms with E-state index in [2.05, 4.69) is 10.6 Å². The van der Waals surface area contributed by atoms with E-state index in [0.717, 1.165) is 0 Å². The molecule has 1 fully saturated rings. The second kappa shape index (κ2) is 5.15. The third-order valence-corrected chi connectivity index (χ3v) is 3.24. The van der Waals surface area contributed by atoms with Crippen molar-refractivity contribution in [3.63, 3.8) is 0 Å². The lowest BCUT2D eigenvalue weighted by Gasteiger charge is -2.13. The maximum Gasteiger partial charge on any atom is 0.319 e. The van der Waals surface area contributed by atoms with Crippen LogP contribution in [0.1, 0.15) is 19.8 Å². The lowest BCUT2D eigenvalue weighted by molar-refractivity contribution is 0.248. The van der Waals surface area contributed by atoms with E-state index in [4.69, 9.17) is 23.2 Å². The van der Waals surface area contributed by atoms with Crippen LogP contribution in [0.3, 0.4) is 0 Å². The minimum atomic E-state index is -0.220. The first-order valence-electron chi connectivity index (χ1n) is 5.58. The van der Waals surface area contributed by atoms with Gasteiger partial charge in [0.05, 0.1) is 0 Å². The lowest BCUT2D eigenvalue weighted by atomic mass is 10.2. The van der Waals surface area contributed by atoms with Gasteiger partial charge in [-0.25, -0.2) is 4.79 Å². The van der Waals surface area contributed by atoms with Crippen molar-refractivity contribution >= 4 is 34.9 Å². The molecule has 1 aromatic carbocycles. The van der Waals surface area contributed by atoms with Crippen LogP contribution in [0, 0.1) is 5.92 Å². The number of carbonyl (C=O) groups is 1. The summed E-state index contributed by atoms with van der Waals surface area (Å²) in [6.45, 7) is 2.02. The normalized spacial score (nSPS) is 16.4. The minimum absolute atomic E-state index is 0.213. The summed E-state index contributed by atoms with van der Waals surface area (Å²) in [5.41, 5.74) is 0.600. The molecule has 1 aromatic rings. The van der Waals surface area contributed by atoms with E-state index in [-0.39, 0.29) is 12.1 Å². The summed E-state index contributed by atoms with van der Waals surface area (Å²) < 4.78 is 0. The van der Waals surface area contributed by atoms with E-state index >= 15 is 0 Å². The summed E-state index contributed by atoms with van der Waals surface area (Å²) in [6, 6.07) is 4.94. The van der Waals surface area contributed by atoms with Gasteiger partial charge in [0.1, 0.15) is 0 Å². The number of halogens is 2. The first-order valence-corrected chi connectivity index (χ1v) is 6.34. The van der Waals surface area contributed by atoms with E-state index < -0.39 is 0 Å². The van der Waals surface area contributed by atoms with Crippen molar-refractivity contribution < 1.29 is 4.79 Å². The molecule has 2 rings (SSSR count). The zero-order valence-electron chi connectivity index (χ0n) is 9.47. The predicted octanol–water partition coefficient (Wildman–Crippen LogP) is 3.91. The zero-order valence-corrected chi connectivity index (χ0v) is 11.0. The van der Waals surface area contributed by atoms with E-state index in [1.807, 2.05) is 6.92 Å². The molecule has 0 aromatic heterocycles. The highest BCUT2D eigenvalue weighted by atomic mass is 35.5. The van der Waals surface area contributed by atoms with Crippen LogP contribution in [-0.2, 0) is 0 Å². The van der Waals surface area contributed by atoms with Gasteiger partial charge in [-0.2, -0.15) is 0 Å². The molecule has 0 saturated heterocycles. The number of rotatable bonds is 3. The maximum absolute atomic E-state index is 11.7. The molecule has 17 heavy (non-hydrogen) atoms. The van der Waals surface area contributed by atoms with Gasteiger partial charge in [-0.05, 0) is 43.9 Å². The number of hydrogen-bond donors (Lipinski definition) is 2. The molecule has 0 heterocycles. The van der Waals surface area contributed by atoms with E-state index in [0.29, 0.717) is 21.7 Å². The molecule has 1 unspecified atom stereocenters. The van der Waals surface area contributed by atoms with Gasteiger partial charge in [0.15, 0.2) is 0 Å². The molecule has 0 bridgehead atoms. The Bertz CT molecular complexity index is 412. The van der Waals surface area contributed by atoms with Gasteiger partial charge in [-0.3, -0.25) is 0 Å². The van der Waals surface area contributed by atoms with Gasteiger partial charge < -0.3 is 10.6 Å². The molecule has 0 spiro atoms. The van der Waals surface area contributed by atoms with Crippen molar-refractivity contribution in [2.75, 3.05) is 5.32 Å². The number of urea groups is 1. The van der Waals surface area contributed by atoms with Gasteiger partial charge in [-0.1, -0.05) is 23.2 Å². The average Bonchev–Trinajstić information content (AvgIpc) is 2.97. The molecular weight excluding hydrogens is 259 g/mol. The fraction of sp³-hybridized carbons (Fsp3) is 0.417. The van der Waals surface area contributed by atoms with Gasteiger partial charge in [-0.15, -0.1) is 0 Å². The molecule has 5 heteroatoms. The fourth-order valence-corrected chi connectivity index (χ4v) is 2.24. The molecule has 3 nitrogen and oxygen atoms in total. The van der Waals surface area contributed by atoms with Crippen LogP contribution >= 0.6 is 23.2 Å². The van der Waals surface area contributed by atoms with Crippen molar-refractivity contribution in [2.24, 2.45) is 5.92 Å². The third-order valence-electron chi connectivity index (χ3n) is 2.81. The molecule has 0 radical (unpaired) electrons. The number of nitrogens with one attached hydrogen (secondary N) is 2. The number of carbonyl (C=O) groups excluding carboxylic acids is 1. The Morgan fingerprint density at radius 1 is 1.29 bits per heavy atom. The van der Waals surface area contributed by atoms with Crippen molar-refractivity contribution in [1.82, 2.24) is 5.32 Å². The fourth-order valence-electron chi connectivity index (χ4n) is 1.71. The summed E-state index contributed by atoms with van der Waals surface area (Å²) in [5.74, 6) is 0.628. The van der Waals surface area contributed by atoms with Crippen LogP contribution in [0.5, 0.6) is 0 Å². The summed E-state index contributed by atoms with van der Waals surface area (Å²) in [4.78, 5) is 11.7. The van der Waals surface area contributed by atoms with Gasteiger partial charge in [0, 0.05) is 21.8 Å². The van der Waals surface area contributed by atoms with Gasteiger partial charge in [0.25, 0.3) is 0 Å². The summed E-state index contributed by atoms with van der Waals surface area (Å²) >= 11 is 11.7. The van der Waals surface area contributed by atoms with Crippen molar-refractivity contribution in [3.8, 4) is 0 Å². The lowest BCUT2D eigenvalue weighted by Crippen LogP contribution is -2.37. The molecule has 0 aliphatic heterocycles. The smallest absolute Gasteiger partial charge is 0.319 e. The zero-order chi connectivity index (χ0) is 12.4. The largest absolute Gasteiger partial charge is 0.335 e. The standard InChI is InChI=1S/C12H14Cl2N2O/c1-7(8-2-3-8)15-12(17)16-11-5-9(13)4-10(14)6-11/h4-8H,2-3H2,1H3,(H2,15,16,17). The molecule has 1 saturated carbocycles. The first kappa shape index (κ1) is 12.5. The van der Waals surface area contributed by atoms with Crippen molar-refractivity contribution in [3.05, 3.63) is 28.2 Å². The Morgan fingerprint density at radius 2 is 1.88 bits per heavy atom. The highest BCUT2D eigenvalue weighted by Crippen LogP contribution is 2.32. The van der Waals surface area contributed by atoms with Crippen LogP contribution in [0.4, 0.5) is 10.5 Å². The quantitative estimate of drug-likeness (QED) is 0.861. The van der Waals surface area contributed by atoms with E-state index in [9.17, 15) is 4.79 Å². The second-order valence-corrected chi connectivity index (χ2v) is 5.26. The number of anilines is 1. The highest BCUT2D eigenvalue weighted by molar-refractivity contribution is 6.35. The van der Waals surface area contributed by atoms with Crippen LogP contribution in [0.25, 0.3) is 0 Å². The first-order chi connectivity index (χ1) is 8.04. The number of amides is 2. The third kappa shape index (κ3) is 3.79. The average molecular weight is 273 g/mol. The Balaban J connectivity index is 1.92. The molecule has 1 atom stereocenters. The maximum atomic E-state index is 11.7. The Morgan fingerprint density at radius 3 is 2.41 bits per heavy atom. The van der Waals surface area contributed by atoms with Crippen LogP contribution in [0.15, 0.2) is 18.2 Å². The Kier molecular flexibility index (Phi) is 3.79. The second-order valence-electron chi connectivity index (χ2n) is 4.38. The molecule has 1 aliphatic rings. The van der Waals surface area contributed by atoms with Crippen molar-refractivity contribution in [2.45, 2.75) is 25.8 Å². The monoisotopic (exact) mass is 272 g/mol. The predicted molar refractivity (Wildman–Crippen MR) is 70.8 cm³/mol. The van der Waals surface area contributed by atoms with Crippen LogP contribution < -0.4 is 10.6 Å².